The number of carbonyl (C=O) groups is 1. The van der Waals surface area contributed by atoms with Crippen LogP contribution in [0.5, 0.6) is 0 Å². The van der Waals surface area contributed by atoms with Crippen LogP contribution in [0, 0.1) is 0 Å². The summed E-state index contributed by atoms with van der Waals surface area (Å²) in [5, 5.41) is 0. The molecule has 0 saturated carbocycles. The van der Waals surface area contributed by atoms with Gasteiger partial charge in [0.25, 0.3) is 0 Å². The highest BCUT2D eigenvalue weighted by molar-refractivity contribution is 9.10. The van der Waals surface area contributed by atoms with Crippen LogP contribution < -0.4 is 10.6 Å². The molecule has 3 nitrogen and oxygen atoms in total. The second-order valence-electron chi connectivity index (χ2n) is 5.62. The maximum absolute atomic E-state index is 12.6. The summed E-state index contributed by atoms with van der Waals surface area (Å²) in [6.45, 7) is 0.787. The lowest BCUT2D eigenvalue weighted by Gasteiger charge is -2.30. The normalized spacial score (nSPS) is 13.2. The Labute approximate surface area is 151 Å². The van der Waals surface area contributed by atoms with Crippen LogP contribution in [0.15, 0.2) is 46.9 Å². The lowest BCUT2D eigenvalue weighted by atomic mass is 9.99. The van der Waals surface area contributed by atoms with Crippen molar-refractivity contribution in [3.05, 3.63) is 58.1 Å². The van der Waals surface area contributed by atoms with Gasteiger partial charge in [0.1, 0.15) is 0 Å². The molecule has 0 spiro atoms. The second kappa shape index (κ2) is 7.84. The number of amides is 1. The number of benzene rings is 2. The predicted octanol–water partition coefficient (Wildman–Crippen LogP) is 4.37. The van der Waals surface area contributed by atoms with Crippen LogP contribution in [0.3, 0.4) is 0 Å². The van der Waals surface area contributed by atoms with Gasteiger partial charge in [-0.3, -0.25) is 4.79 Å². The Bertz CT molecular complexity index is 688. The monoisotopic (exact) mass is 394 g/mol. The fourth-order valence-electron chi connectivity index (χ4n) is 2.95. The third-order valence-electron chi connectivity index (χ3n) is 4.13. The van der Waals surface area contributed by atoms with E-state index in [-0.39, 0.29) is 18.3 Å². The van der Waals surface area contributed by atoms with E-state index in [4.69, 9.17) is 5.73 Å². The lowest BCUT2D eigenvalue weighted by Crippen LogP contribution is -2.35. The molecule has 3 rings (SSSR count). The number of nitrogens with two attached hydrogens (primary N) is 1. The summed E-state index contributed by atoms with van der Waals surface area (Å²) < 4.78 is 1.06. The minimum atomic E-state index is 0. The van der Waals surface area contributed by atoms with Gasteiger partial charge in [-0.15, -0.1) is 12.4 Å². The van der Waals surface area contributed by atoms with Gasteiger partial charge in [-0.1, -0.05) is 34.1 Å². The molecule has 5 heteroatoms. The Morgan fingerprint density at radius 1 is 1.17 bits per heavy atom. The van der Waals surface area contributed by atoms with Crippen LogP contribution in [-0.2, 0) is 17.6 Å². The zero-order chi connectivity index (χ0) is 15.5. The maximum Gasteiger partial charge on any atom is 0.227 e. The first-order valence-corrected chi connectivity index (χ1v) is 8.36. The van der Waals surface area contributed by atoms with Gasteiger partial charge >= 0.3 is 0 Å². The molecule has 0 aliphatic carbocycles. The van der Waals surface area contributed by atoms with Gasteiger partial charge in [-0.25, -0.2) is 0 Å². The highest BCUT2D eigenvalue weighted by atomic mass is 79.9. The summed E-state index contributed by atoms with van der Waals surface area (Å²) >= 11 is 3.43. The molecule has 2 N–H and O–H groups in total. The smallest absolute Gasteiger partial charge is 0.227 e. The molecule has 2 aromatic carbocycles. The van der Waals surface area contributed by atoms with Crippen molar-refractivity contribution in [2.75, 3.05) is 17.2 Å². The van der Waals surface area contributed by atoms with E-state index in [0.29, 0.717) is 6.42 Å². The minimum Gasteiger partial charge on any atom is -0.398 e. The summed E-state index contributed by atoms with van der Waals surface area (Å²) in [7, 11) is 0. The third-order valence-corrected chi connectivity index (χ3v) is 4.66. The SMILES string of the molecule is Cl.Nc1cccc2c1CCCN2C(=O)CCc1ccc(Br)cc1. The second-order valence-corrected chi connectivity index (χ2v) is 6.54. The number of nitrogens with zero attached hydrogens (tertiary/aromatic N) is 1. The molecule has 0 fully saturated rings. The van der Waals surface area contributed by atoms with E-state index in [1.807, 2.05) is 35.2 Å². The molecule has 0 atom stereocenters. The van der Waals surface area contributed by atoms with Gasteiger partial charge in [-0.05, 0) is 54.7 Å². The average Bonchev–Trinajstić information content (AvgIpc) is 2.54. The highest BCUT2D eigenvalue weighted by Crippen LogP contribution is 2.31. The number of fused-ring (bicyclic) bond motifs is 1. The lowest BCUT2D eigenvalue weighted by molar-refractivity contribution is -0.118. The summed E-state index contributed by atoms with van der Waals surface area (Å²) in [4.78, 5) is 14.5. The molecule has 1 aliphatic heterocycles. The van der Waals surface area contributed by atoms with E-state index in [1.165, 1.54) is 5.56 Å². The van der Waals surface area contributed by atoms with Crippen LogP contribution in [0.1, 0.15) is 24.0 Å². The van der Waals surface area contributed by atoms with E-state index in [9.17, 15) is 4.79 Å². The molecule has 0 bridgehead atoms. The number of aryl methyl sites for hydroxylation is 1. The number of hydrogen-bond acceptors (Lipinski definition) is 2. The van der Waals surface area contributed by atoms with Crippen molar-refractivity contribution in [2.45, 2.75) is 25.7 Å². The van der Waals surface area contributed by atoms with E-state index in [2.05, 4.69) is 28.1 Å². The van der Waals surface area contributed by atoms with E-state index < -0.39 is 0 Å². The first-order chi connectivity index (χ1) is 10.6. The molecule has 2 aromatic rings. The van der Waals surface area contributed by atoms with Crippen molar-refractivity contribution in [1.82, 2.24) is 0 Å². The van der Waals surface area contributed by atoms with Crippen LogP contribution in [0.25, 0.3) is 0 Å². The van der Waals surface area contributed by atoms with Gasteiger partial charge in [0, 0.05) is 28.8 Å². The first-order valence-electron chi connectivity index (χ1n) is 7.57. The highest BCUT2D eigenvalue weighted by Gasteiger charge is 2.23. The maximum atomic E-state index is 12.6. The fourth-order valence-corrected chi connectivity index (χ4v) is 3.21. The summed E-state index contributed by atoms with van der Waals surface area (Å²) in [5.74, 6) is 0.175. The number of rotatable bonds is 3. The fraction of sp³-hybridized carbons (Fsp3) is 0.278. The molecule has 0 unspecified atom stereocenters. The minimum absolute atomic E-state index is 0. The summed E-state index contributed by atoms with van der Waals surface area (Å²) in [6, 6.07) is 14.0. The van der Waals surface area contributed by atoms with E-state index in [1.54, 1.807) is 0 Å². The number of hydrogen-bond donors (Lipinski definition) is 1. The van der Waals surface area contributed by atoms with E-state index in [0.717, 1.165) is 47.2 Å². The van der Waals surface area contributed by atoms with E-state index >= 15 is 0 Å². The zero-order valence-electron chi connectivity index (χ0n) is 12.8. The van der Waals surface area contributed by atoms with Gasteiger partial charge in [-0.2, -0.15) is 0 Å². The Balaban J connectivity index is 0.00000192. The van der Waals surface area contributed by atoms with Crippen LogP contribution in [-0.4, -0.2) is 12.5 Å². The van der Waals surface area contributed by atoms with Crippen LogP contribution >= 0.6 is 28.3 Å². The standard InChI is InChI=1S/C18H19BrN2O.ClH/c19-14-9-6-13(7-10-14)8-11-18(22)21-12-2-3-15-16(20)4-1-5-17(15)21;/h1,4-7,9-10H,2-3,8,11-12,20H2;1H. The average molecular weight is 396 g/mol. The predicted molar refractivity (Wildman–Crippen MR) is 101 cm³/mol. The van der Waals surface area contributed by atoms with Crippen molar-refractivity contribution in [3.8, 4) is 0 Å². The molecule has 1 aliphatic rings. The van der Waals surface area contributed by atoms with Crippen LogP contribution in [0.4, 0.5) is 11.4 Å². The first kappa shape index (κ1) is 17.8. The quantitative estimate of drug-likeness (QED) is 0.785. The molecule has 1 amide bonds. The van der Waals surface area contributed by atoms with Gasteiger partial charge in [0.05, 0.1) is 0 Å². The molecule has 122 valence electrons. The summed E-state index contributed by atoms with van der Waals surface area (Å²) in [6.07, 6.45) is 3.22. The topological polar surface area (TPSA) is 46.3 Å². The Morgan fingerprint density at radius 2 is 1.91 bits per heavy atom. The molecular weight excluding hydrogens is 376 g/mol. The molecule has 1 heterocycles. The van der Waals surface area contributed by atoms with Gasteiger partial charge in [0.15, 0.2) is 0 Å². The molecule has 0 aromatic heterocycles. The molecular formula is C18H20BrClN2O. The Kier molecular flexibility index (Phi) is 6.08. The number of nitrogen functional groups attached to an aromatic ring is 1. The van der Waals surface area contributed by atoms with Crippen molar-refractivity contribution < 1.29 is 4.79 Å². The summed E-state index contributed by atoms with van der Waals surface area (Å²) in [5.41, 5.74) is 10.1. The van der Waals surface area contributed by atoms with Gasteiger partial charge in [0.2, 0.25) is 5.91 Å². The van der Waals surface area contributed by atoms with Crippen molar-refractivity contribution in [1.29, 1.82) is 0 Å². The van der Waals surface area contributed by atoms with Crippen molar-refractivity contribution in [3.63, 3.8) is 0 Å². The number of carbonyl (C=O) groups excluding carboxylic acids is 1. The third kappa shape index (κ3) is 4.06. The Hall–Kier alpha value is -1.52. The van der Waals surface area contributed by atoms with Crippen LogP contribution in [0.2, 0.25) is 0 Å². The largest absolute Gasteiger partial charge is 0.398 e. The van der Waals surface area contributed by atoms with Crippen molar-refractivity contribution >= 4 is 45.6 Å². The Morgan fingerprint density at radius 3 is 2.65 bits per heavy atom. The molecule has 0 radical (unpaired) electrons. The van der Waals surface area contributed by atoms with Crippen molar-refractivity contribution in [2.24, 2.45) is 0 Å². The zero-order valence-corrected chi connectivity index (χ0v) is 15.2. The van der Waals surface area contributed by atoms with Gasteiger partial charge < -0.3 is 10.6 Å². The molecule has 0 saturated heterocycles. The molecule has 23 heavy (non-hydrogen) atoms. The number of halogens is 2. The number of anilines is 2.